The van der Waals surface area contributed by atoms with Crippen molar-refractivity contribution < 1.29 is 9.53 Å². The number of allylic oxidation sites excluding steroid dienone is 1. The zero-order valence-electron chi connectivity index (χ0n) is 7.72. The van der Waals surface area contributed by atoms with Crippen molar-refractivity contribution in [1.29, 1.82) is 0 Å². The highest BCUT2D eigenvalue weighted by Crippen LogP contribution is 2.20. The molecule has 1 saturated heterocycles. The van der Waals surface area contributed by atoms with Crippen molar-refractivity contribution in [3.8, 4) is 0 Å². The van der Waals surface area contributed by atoms with Crippen LogP contribution in [0.3, 0.4) is 0 Å². The van der Waals surface area contributed by atoms with E-state index in [4.69, 9.17) is 0 Å². The first-order valence-electron chi connectivity index (χ1n) is 4.07. The predicted molar refractivity (Wildman–Crippen MR) is 51.0 cm³/mol. The third kappa shape index (κ3) is 1.80. The number of esters is 1. The Balaban J connectivity index is 3.03. The van der Waals surface area contributed by atoms with Gasteiger partial charge < -0.3 is 10.1 Å². The van der Waals surface area contributed by atoms with Crippen LogP contribution < -0.4 is 5.32 Å². The van der Waals surface area contributed by atoms with Crippen molar-refractivity contribution in [2.45, 2.75) is 6.42 Å². The summed E-state index contributed by atoms with van der Waals surface area (Å²) in [4.78, 5) is 11.2. The van der Waals surface area contributed by atoms with Gasteiger partial charge in [0.25, 0.3) is 0 Å². The second-order valence-corrected chi connectivity index (χ2v) is 2.76. The molecule has 0 atom stereocenters. The Labute approximate surface area is 77.8 Å². The van der Waals surface area contributed by atoms with Gasteiger partial charge in [0.05, 0.1) is 18.4 Å². The molecule has 1 aliphatic heterocycles. The summed E-state index contributed by atoms with van der Waals surface area (Å²) < 4.78 is 4.61. The van der Waals surface area contributed by atoms with Crippen molar-refractivity contribution in [2.75, 3.05) is 13.7 Å². The van der Waals surface area contributed by atoms with Gasteiger partial charge in [0.2, 0.25) is 0 Å². The lowest BCUT2D eigenvalue weighted by Crippen LogP contribution is -2.13. The molecule has 1 rings (SSSR count). The highest BCUT2D eigenvalue weighted by molar-refractivity contribution is 5.93. The van der Waals surface area contributed by atoms with Crippen LogP contribution in [0.1, 0.15) is 6.42 Å². The van der Waals surface area contributed by atoms with Gasteiger partial charge in [0.1, 0.15) is 0 Å². The van der Waals surface area contributed by atoms with Crippen LogP contribution in [0.15, 0.2) is 36.1 Å². The van der Waals surface area contributed by atoms with Crippen LogP contribution in [0, 0.1) is 0 Å². The van der Waals surface area contributed by atoms with E-state index in [1.807, 2.05) is 0 Å². The molecule has 0 radical (unpaired) electrons. The van der Waals surface area contributed by atoms with E-state index in [-0.39, 0.29) is 5.97 Å². The van der Waals surface area contributed by atoms with Gasteiger partial charge in [-0.05, 0) is 12.0 Å². The van der Waals surface area contributed by atoms with Gasteiger partial charge in [-0.15, -0.1) is 0 Å². The molecule has 1 fully saturated rings. The molecule has 0 aromatic heterocycles. The van der Waals surface area contributed by atoms with Crippen molar-refractivity contribution in [3.63, 3.8) is 0 Å². The molecule has 70 valence electrons. The van der Waals surface area contributed by atoms with Gasteiger partial charge in [-0.3, -0.25) is 0 Å². The van der Waals surface area contributed by atoms with E-state index >= 15 is 0 Å². The van der Waals surface area contributed by atoms with Crippen LogP contribution in [0.5, 0.6) is 0 Å². The molecular formula is C10H13NO2. The Morgan fingerprint density at radius 2 is 2.38 bits per heavy atom. The van der Waals surface area contributed by atoms with E-state index in [2.05, 4.69) is 23.2 Å². The van der Waals surface area contributed by atoms with Gasteiger partial charge in [-0.1, -0.05) is 19.2 Å². The number of carbonyl (C=O) groups excluding carboxylic acids is 1. The molecule has 3 heteroatoms. The summed E-state index contributed by atoms with van der Waals surface area (Å²) in [6.07, 6.45) is 2.36. The minimum absolute atomic E-state index is 0.374. The van der Waals surface area contributed by atoms with Crippen LogP contribution in [-0.2, 0) is 9.53 Å². The average Bonchev–Trinajstić information content (AvgIpc) is 2.53. The van der Waals surface area contributed by atoms with Crippen LogP contribution in [0.2, 0.25) is 0 Å². The molecule has 13 heavy (non-hydrogen) atoms. The number of ether oxygens (including phenoxy) is 1. The highest BCUT2D eigenvalue weighted by Gasteiger charge is 2.18. The molecule has 1 aliphatic rings. The predicted octanol–water partition coefficient (Wildman–Crippen LogP) is 1.15. The molecule has 0 aromatic carbocycles. The van der Waals surface area contributed by atoms with Crippen molar-refractivity contribution in [1.82, 2.24) is 5.32 Å². The quantitative estimate of drug-likeness (QED) is 0.510. The molecule has 3 nitrogen and oxygen atoms in total. The fourth-order valence-corrected chi connectivity index (χ4v) is 1.27. The van der Waals surface area contributed by atoms with E-state index in [1.54, 1.807) is 0 Å². The number of carbonyl (C=O) groups is 1. The van der Waals surface area contributed by atoms with E-state index in [0.717, 1.165) is 24.2 Å². The van der Waals surface area contributed by atoms with E-state index < -0.39 is 0 Å². The molecular weight excluding hydrogens is 166 g/mol. The van der Waals surface area contributed by atoms with E-state index in [9.17, 15) is 4.79 Å². The number of methoxy groups -OCH3 is 1. The number of nitrogens with one attached hydrogen (secondary N) is 1. The zero-order valence-corrected chi connectivity index (χ0v) is 7.72. The molecule has 0 saturated carbocycles. The molecule has 0 aromatic rings. The molecule has 1 heterocycles. The molecule has 0 spiro atoms. The third-order valence-corrected chi connectivity index (χ3v) is 1.96. The molecule has 1 N–H and O–H groups in total. The van der Waals surface area contributed by atoms with Crippen LogP contribution in [-0.4, -0.2) is 19.6 Å². The minimum Gasteiger partial charge on any atom is -0.465 e. The van der Waals surface area contributed by atoms with Crippen LogP contribution >= 0.6 is 0 Å². The topological polar surface area (TPSA) is 38.3 Å². The summed E-state index contributed by atoms with van der Waals surface area (Å²) in [5.41, 5.74) is 2.16. The Morgan fingerprint density at radius 1 is 1.69 bits per heavy atom. The van der Waals surface area contributed by atoms with Gasteiger partial charge in [0, 0.05) is 6.54 Å². The largest absolute Gasteiger partial charge is 0.465 e. The maximum Gasteiger partial charge on any atom is 0.339 e. The molecule has 0 unspecified atom stereocenters. The fraction of sp³-hybridized carbons (Fsp3) is 0.300. The van der Waals surface area contributed by atoms with Gasteiger partial charge in [0.15, 0.2) is 0 Å². The second-order valence-electron chi connectivity index (χ2n) is 2.76. The third-order valence-electron chi connectivity index (χ3n) is 1.96. The standard InChI is InChI=1S/C10H13NO2/c1-4-8(10(12)13-3)9-7(2)5-6-11-9/h4,11H,1-2,5-6H2,3H3/b9-8-. The fourth-order valence-electron chi connectivity index (χ4n) is 1.27. The lowest BCUT2D eigenvalue weighted by atomic mass is 10.1. The summed E-state index contributed by atoms with van der Waals surface area (Å²) in [5.74, 6) is -0.374. The normalized spacial score (nSPS) is 19.3. The monoisotopic (exact) mass is 179 g/mol. The summed E-state index contributed by atoms with van der Waals surface area (Å²) in [6.45, 7) is 8.24. The highest BCUT2D eigenvalue weighted by atomic mass is 16.5. The van der Waals surface area contributed by atoms with Crippen LogP contribution in [0.25, 0.3) is 0 Å². The van der Waals surface area contributed by atoms with Crippen molar-refractivity contribution in [3.05, 3.63) is 36.1 Å². The average molecular weight is 179 g/mol. The van der Waals surface area contributed by atoms with Gasteiger partial charge >= 0.3 is 5.97 Å². The van der Waals surface area contributed by atoms with Crippen LogP contribution in [0.4, 0.5) is 0 Å². The second kappa shape index (κ2) is 3.94. The Kier molecular flexibility index (Phi) is 2.90. The molecule has 0 aliphatic carbocycles. The Morgan fingerprint density at radius 3 is 2.77 bits per heavy atom. The minimum atomic E-state index is -0.374. The Hall–Kier alpha value is -1.51. The summed E-state index contributed by atoms with van der Waals surface area (Å²) in [5, 5.41) is 3.08. The van der Waals surface area contributed by atoms with Crippen molar-refractivity contribution >= 4 is 5.97 Å². The first-order valence-corrected chi connectivity index (χ1v) is 4.07. The first kappa shape index (κ1) is 9.58. The SMILES string of the molecule is C=C/C(C(=O)OC)=C1/NCCC1=C. The van der Waals surface area contributed by atoms with E-state index in [0.29, 0.717) is 5.57 Å². The van der Waals surface area contributed by atoms with Crippen molar-refractivity contribution in [2.24, 2.45) is 0 Å². The summed E-state index contributed by atoms with van der Waals surface area (Å²) >= 11 is 0. The maximum absolute atomic E-state index is 11.2. The van der Waals surface area contributed by atoms with Gasteiger partial charge in [-0.25, -0.2) is 4.79 Å². The summed E-state index contributed by atoms with van der Waals surface area (Å²) in [7, 11) is 1.35. The zero-order chi connectivity index (χ0) is 9.84. The lowest BCUT2D eigenvalue weighted by molar-refractivity contribution is -0.135. The lowest BCUT2D eigenvalue weighted by Gasteiger charge is -2.05. The first-order chi connectivity index (χ1) is 6.20. The van der Waals surface area contributed by atoms with E-state index in [1.165, 1.54) is 13.2 Å². The molecule has 0 amide bonds. The summed E-state index contributed by atoms with van der Waals surface area (Å²) in [6, 6.07) is 0. The maximum atomic E-state index is 11.2. The number of hydrogen-bond acceptors (Lipinski definition) is 3. The number of rotatable bonds is 2. The smallest absolute Gasteiger partial charge is 0.339 e. The molecule has 0 bridgehead atoms. The van der Waals surface area contributed by atoms with Gasteiger partial charge in [-0.2, -0.15) is 0 Å². The Bertz CT molecular complexity index is 289. The number of hydrogen-bond donors (Lipinski definition) is 1.